The van der Waals surface area contributed by atoms with Crippen LogP contribution in [0.2, 0.25) is 0 Å². The van der Waals surface area contributed by atoms with E-state index in [9.17, 15) is 4.79 Å². The van der Waals surface area contributed by atoms with Crippen molar-refractivity contribution in [2.45, 2.75) is 37.6 Å². The average Bonchev–Trinajstić information content (AvgIpc) is 2.57. The van der Waals surface area contributed by atoms with E-state index in [1.165, 1.54) is 23.1 Å². The molecule has 0 aliphatic carbocycles. The van der Waals surface area contributed by atoms with Crippen LogP contribution in [0.3, 0.4) is 0 Å². The summed E-state index contributed by atoms with van der Waals surface area (Å²) in [5.74, 6) is 0.618. The van der Waals surface area contributed by atoms with Gasteiger partial charge in [0.05, 0.1) is 7.11 Å². The Kier molecular flexibility index (Phi) is 12.8. The summed E-state index contributed by atoms with van der Waals surface area (Å²) >= 11 is 1.75. The molecule has 136 valence electrons. The lowest BCUT2D eigenvalue weighted by Crippen LogP contribution is -2.37. The molecule has 0 unspecified atom stereocenters. The van der Waals surface area contributed by atoms with Crippen LogP contribution in [0.5, 0.6) is 0 Å². The number of esters is 1. The number of aryl methyl sites for hydroxylation is 1. The van der Waals surface area contributed by atoms with Crippen LogP contribution in [0.4, 0.5) is 0 Å². The van der Waals surface area contributed by atoms with Gasteiger partial charge in [-0.05, 0) is 43.2 Å². The molecule has 0 bridgehead atoms. The molecule has 0 atom stereocenters. The molecule has 0 saturated heterocycles. The average molecular weight is 465 g/mol. The van der Waals surface area contributed by atoms with E-state index in [2.05, 4.69) is 51.7 Å². The van der Waals surface area contributed by atoms with Crippen molar-refractivity contribution in [3.63, 3.8) is 0 Å². The van der Waals surface area contributed by atoms with Gasteiger partial charge in [0.1, 0.15) is 0 Å². The van der Waals surface area contributed by atoms with E-state index in [0.29, 0.717) is 6.42 Å². The number of benzene rings is 1. The van der Waals surface area contributed by atoms with Crippen molar-refractivity contribution in [1.29, 1.82) is 0 Å². The van der Waals surface area contributed by atoms with Gasteiger partial charge in [-0.25, -0.2) is 0 Å². The summed E-state index contributed by atoms with van der Waals surface area (Å²) in [5, 5.41) is 6.58. The predicted molar refractivity (Wildman–Crippen MR) is 112 cm³/mol. The minimum Gasteiger partial charge on any atom is -0.469 e. The van der Waals surface area contributed by atoms with E-state index in [0.717, 1.165) is 31.9 Å². The number of hydrogen-bond acceptors (Lipinski definition) is 4. The van der Waals surface area contributed by atoms with Gasteiger partial charge in [-0.15, -0.1) is 35.7 Å². The molecule has 0 heterocycles. The normalized spacial score (nSPS) is 10.8. The van der Waals surface area contributed by atoms with Gasteiger partial charge in [0.25, 0.3) is 0 Å². The Balaban J connectivity index is 0.00000529. The highest BCUT2D eigenvalue weighted by Gasteiger charge is 2.04. The van der Waals surface area contributed by atoms with Gasteiger partial charge in [0.2, 0.25) is 0 Å². The van der Waals surface area contributed by atoms with E-state index < -0.39 is 0 Å². The second-order valence-corrected chi connectivity index (χ2v) is 6.05. The van der Waals surface area contributed by atoms with Gasteiger partial charge in [0.15, 0.2) is 5.96 Å². The van der Waals surface area contributed by atoms with Gasteiger partial charge in [-0.2, -0.15) is 0 Å². The summed E-state index contributed by atoms with van der Waals surface area (Å²) in [4.78, 5) is 16.5. The maximum atomic E-state index is 11.0. The third-order valence-electron chi connectivity index (χ3n) is 3.44. The van der Waals surface area contributed by atoms with Crippen molar-refractivity contribution >= 4 is 47.7 Å². The minimum absolute atomic E-state index is 0. The molecule has 0 spiro atoms. The molecule has 1 rings (SSSR count). The number of halogens is 1. The first-order valence-corrected chi connectivity index (χ1v) is 8.98. The van der Waals surface area contributed by atoms with Crippen LogP contribution < -0.4 is 10.6 Å². The summed E-state index contributed by atoms with van der Waals surface area (Å²) in [7, 11) is 3.18. The number of aliphatic imine (C=N–C) groups is 1. The maximum Gasteiger partial charge on any atom is 0.305 e. The smallest absolute Gasteiger partial charge is 0.305 e. The van der Waals surface area contributed by atoms with Crippen molar-refractivity contribution in [2.24, 2.45) is 4.99 Å². The molecule has 0 amide bonds. The van der Waals surface area contributed by atoms with Crippen LogP contribution >= 0.6 is 35.7 Å². The molecule has 2 N–H and O–H groups in total. The standard InChI is InChI=1S/C17H27N3O2S.HI/c1-13-8-9-14(15(11-13)23-4)12-20-17(18-2)19-10-6-5-7-16(21)22-3;/h8-9,11H,5-7,10,12H2,1-4H3,(H2,18,19,20);1H. The van der Waals surface area contributed by atoms with Gasteiger partial charge in [-0.3, -0.25) is 9.79 Å². The van der Waals surface area contributed by atoms with Crippen LogP contribution in [0.1, 0.15) is 30.4 Å². The molecule has 0 aromatic heterocycles. The molecule has 0 saturated carbocycles. The van der Waals surface area contributed by atoms with Crippen LogP contribution in [0.25, 0.3) is 0 Å². The number of hydrogen-bond donors (Lipinski definition) is 2. The Morgan fingerprint density at radius 2 is 2.04 bits per heavy atom. The fourth-order valence-electron chi connectivity index (χ4n) is 2.10. The van der Waals surface area contributed by atoms with Gasteiger partial charge >= 0.3 is 5.97 Å². The third-order valence-corrected chi connectivity index (χ3v) is 4.26. The third kappa shape index (κ3) is 8.77. The molecule has 7 heteroatoms. The van der Waals surface area contributed by atoms with E-state index in [1.807, 2.05) is 0 Å². The van der Waals surface area contributed by atoms with Gasteiger partial charge in [0, 0.05) is 31.5 Å². The van der Waals surface area contributed by atoms with Crippen molar-refractivity contribution in [3.8, 4) is 0 Å². The Morgan fingerprint density at radius 1 is 1.29 bits per heavy atom. The lowest BCUT2D eigenvalue weighted by atomic mass is 10.1. The highest BCUT2D eigenvalue weighted by molar-refractivity contribution is 14.0. The van der Waals surface area contributed by atoms with Crippen LogP contribution in [-0.2, 0) is 16.1 Å². The fourth-order valence-corrected chi connectivity index (χ4v) is 2.81. The zero-order valence-corrected chi connectivity index (χ0v) is 18.0. The number of thioether (sulfide) groups is 1. The van der Waals surface area contributed by atoms with E-state index in [4.69, 9.17) is 0 Å². The number of nitrogens with zero attached hydrogens (tertiary/aromatic N) is 1. The molecule has 0 aliphatic rings. The quantitative estimate of drug-likeness (QED) is 0.154. The van der Waals surface area contributed by atoms with Crippen molar-refractivity contribution in [1.82, 2.24) is 10.6 Å². The van der Waals surface area contributed by atoms with Crippen LogP contribution in [0, 0.1) is 6.92 Å². The largest absolute Gasteiger partial charge is 0.469 e. The molecular weight excluding hydrogens is 437 g/mol. The SMILES string of the molecule is CN=C(NCCCCC(=O)OC)NCc1ccc(C)cc1SC.I. The highest BCUT2D eigenvalue weighted by atomic mass is 127. The zero-order valence-electron chi connectivity index (χ0n) is 14.8. The number of ether oxygens (including phenoxy) is 1. The second kappa shape index (κ2) is 13.3. The Bertz CT molecular complexity index is 539. The van der Waals surface area contributed by atoms with E-state index in [-0.39, 0.29) is 29.9 Å². The zero-order chi connectivity index (χ0) is 17.1. The number of guanidine groups is 1. The summed E-state index contributed by atoms with van der Waals surface area (Å²) in [6, 6.07) is 6.47. The van der Waals surface area contributed by atoms with Gasteiger partial charge < -0.3 is 15.4 Å². The molecule has 5 nitrogen and oxygen atoms in total. The minimum atomic E-state index is -0.156. The summed E-state index contributed by atoms with van der Waals surface area (Å²) in [6.45, 7) is 3.62. The van der Waals surface area contributed by atoms with Crippen LogP contribution in [0.15, 0.2) is 28.1 Å². The first-order chi connectivity index (χ1) is 11.1. The predicted octanol–water partition coefficient (Wildman–Crippen LogP) is 3.34. The topological polar surface area (TPSA) is 62.7 Å². The molecule has 0 radical (unpaired) electrons. The molecule has 0 aliphatic heterocycles. The van der Waals surface area contributed by atoms with Crippen molar-refractivity contribution in [2.75, 3.05) is 27.0 Å². The number of nitrogens with one attached hydrogen (secondary N) is 2. The van der Waals surface area contributed by atoms with Crippen molar-refractivity contribution < 1.29 is 9.53 Å². The van der Waals surface area contributed by atoms with Crippen molar-refractivity contribution in [3.05, 3.63) is 29.3 Å². The monoisotopic (exact) mass is 465 g/mol. The Labute approximate surface area is 166 Å². The van der Waals surface area contributed by atoms with E-state index in [1.54, 1.807) is 18.8 Å². The van der Waals surface area contributed by atoms with E-state index >= 15 is 0 Å². The van der Waals surface area contributed by atoms with Gasteiger partial charge in [-0.1, -0.05) is 12.1 Å². The first kappa shape index (κ1) is 23.0. The second-order valence-electron chi connectivity index (χ2n) is 5.20. The number of unbranched alkanes of at least 4 members (excludes halogenated alkanes) is 1. The highest BCUT2D eigenvalue weighted by Crippen LogP contribution is 2.21. The molecule has 0 fully saturated rings. The lowest BCUT2D eigenvalue weighted by molar-refractivity contribution is -0.140. The first-order valence-electron chi connectivity index (χ1n) is 7.75. The maximum absolute atomic E-state index is 11.0. The van der Waals surface area contributed by atoms with Crippen LogP contribution in [-0.4, -0.2) is 38.9 Å². The fraction of sp³-hybridized carbons (Fsp3) is 0.529. The molecular formula is C17H28IN3O2S. The number of rotatable bonds is 8. The summed E-state index contributed by atoms with van der Waals surface area (Å²) in [6.07, 6.45) is 4.26. The molecule has 1 aromatic carbocycles. The number of carbonyl (C=O) groups excluding carboxylic acids is 1. The number of carbonyl (C=O) groups is 1. The number of methoxy groups -OCH3 is 1. The molecule has 24 heavy (non-hydrogen) atoms. The lowest BCUT2D eigenvalue weighted by Gasteiger charge is -2.14. The summed E-state index contributed by atoms with van der Waals surface area (Å²) in [5.41, 5.74) is 2.53. The Morgan fingerprint density at radius 3 is 2.67 bits per heavy atom. The summed E-state index contributed by atoms with van der Waals surface area (Å²) < 4.78 is 4.62. The molecule has 1 aromatic rings. The Hall–Kier alpha value is -0.960.